The van der Waals surface area contributed by atoms with Crippen LogP contribution in [0.2, 0.25) is 0 Å². The molecule has 0 saturated carbocycles. The Morgan fingerprint density at radius 3 is 1.96 bits per heavy atom. The van der Waals surface area contributed by atoms with Crippen molar-refractivity contribution in [2.24, 2.45) is 0 Å². The molecule has 1 unspecified atom stereocenters. The van der Waals surface area contributed by atoms with Gasteiger partial charge in [0.05, 0.1) is 13.0 Å². The highest BCUT2D eigenvalue weighted by molar-refractivity contribution is 5.79. The molecule has 3 rings (SSSR count). The van der Waals surface area contributed by atoms with Gasteiger partial charge in [0.15, 0.2) is 0 Å². The van der Waals surface area contributed by atoms with Crippen molar-refractivity contribution in [2.75, 3.05) is 7.11 Å². The van der Waals surface area contributed by atoms with Crippen LogP contribution in [0.3, 0.4) is 0 Å². The Labute approximate surface area is 142 Å². The van der Waals surface area contributed by atoms with E-state index in [4.69, 9.17) is 4.74 Å². The van der Waals surface area contributed by atoms with E-state index in [1.165, 1.54) is 18.2 Å². The van der Waals surface area contributed by atoms with Gasteiger partial charge in [-0.2, -0.15) is 0 Å². The highest BCUT2D eigenvalue weighted by Crippen LogP contribution is 2.28. The first-order valence-electron chi connectivity index (χ1n) is 8.02. The average Bonchev–Trinajstić information content (AvgIpc) is 2.67. The number of ether oxygens (including phenoxy) is 1. The Kier molecular flexibility index (Phi) is 4.76. The summed E-state index contributed by atoms with van der Waals surface area (Å²) in [6.45, 7) is 1.87. The molecule has 0 aliphatic carbocycles. The Bertz CT molecular complexity index is 837. The van der Waals surface area contributed by atoms with Gasteiger partial charge in [-0.05, 0) is 40.8 Å². The maximum Gasteiger partial charge on any atom is 0.312 e. The number of carbonyl (C=O) groups is 1. The number of hydrogen-bond donors (Lipinski definition) is 0. The Morgan fingerprint density at radius 1 is 0.750 bits per heavy atom. The SMILES string of the molecule is COC(=O)C(C)c1cccc(-c2cccc(-c3ccccc3)c2)c1. The Morgan fingerprint density at radius 2 is 1.29 bits per heavy atom. The second-order valence-electron chi connectivity index (χ2n) is 5.82. The van der Waals surface area contributed by atoms with E-state index in [1.54, 1.807) is 0 Å². The van der Waals surface area contributed by atoms with Crippen LogP contribution in [-0.2, 0) is 9.53 Å². The molecule has 0 amide bonds. The van der Waals surface area contributed by atoms with Crippen LogP contribution in [0, 0.1) is 0 Å². The Balaban J connectivity index is 1.97. The molecule has 24 heavy (non-hydrogen) atoms. The van der Waals surface area contributed by atoms with Crippen molar-refractivity contribution in [2.45, 2.75) is 12.8 Å². The molecule has 0 heterocycles. The van der Waals surface area contributed by atoms with E-state index in [9.17, 15) is 4.79 Å². The van der Waals surface area contributed by atoms with Crippen molar-refractivity contribution < 1.29 is 9.53 Å². The number of methoxy groups -OCH3 is 1. The summed E-state index contributed by atoms with van der Waals surface area (Å²) >= 11 is 0. The average molecular weight is 316 g/mol. The monoisotopic (exact) mass is 316 g/mol. The van der Waals surface area contributed by atoms with Crippen LogP contribution in [0.4, 0.5) is 0 Å². The molecule has 0 aliphatic rings. The van der Waals surface area contributed by atoms with E-state index >= 15 is 0 Å². The predicted molar refractivity (Wildman–Crippen MR) is 97.7 cm³/mol. The first kappa shape index (κ1) is 16.0. The predicted octanol–water partition coefficient (Wildman–Crippen LogP) is 5.30. The molecule has 0 N–H and O–H groups in total. The van der Waals surface area contributed by atoms with Crippen molar-refractivity contribution in [3.8, 4) is 22.3 Å². The molecular formula is C22H20O2. The maximum absolute atomic E-state index is 11.8. The minimum Gasteiger partial charge on any atom is -0.469 e. The first-order valence-corrected chi connectivity index (χ1v) is 8.02. The fraction of sp³-hybridized carbons (Fsp3) is 0.136. The molecule has 120 valence electrons. The number of hydrogen-bond acceptors (Lipinski definition) is 2. The summed E-state index contributed by atoms with van der Waals surface area (Å²) in [7, 11) is 1.42. The van der Waals surface area contributed by atoms with Gasteiger partial charge in [-0.25, -0.2) is 0 Å². The van der Waals surface area contributed by atoms with E-state index in [1.807, 2.05) is 37.3 Å². The van der Waals surface area contributed by atoms with Gasteiger partial charge < -0.3 is 4.74 Å². The van der Waals surface area contributed by atoms with Gasteiger partial charge in [0, 0.05) is 0 Å². The van der Waals surface area contributed by atoms with Crippen LogP contribution >= 0.6 is 0 Å². The second kappa shape index (κ2) is 7.14. The summed E-state index contributed by atoms with van der Waals surface area (Å²) in [4.78, 5) is 11.8. The maximum atomic E-state index is 11.8. The number of carbonyl (C=O) groups excluding carboxylic acids is 1. The molecule has 0 fully saturated rings. The van der Waals surface area contributed by atoms with Crippen LogP contribution in [0.25, 0.3) is 22.3 Å². The lowest BCUT2D eigenvalue weighted by Gasteiger charge is -2.12. The largest absolute Gasteiger partial charge is 0.469 e. The fourth-order valence-corrected chi connectivity index (χ4v) is 2.81. The molecule has 0 spiro atoms. The Hall–Kier alpha value is -2.87. The third kappa shape index (κ3) is 3.38. The molecule has 3 aromatic carbocycles. The zero-order valence-corrected chi connectivity index (χ0v) is 13.9. The van der Waals surface area contributed by atoms with Gasteiger partial charge in [-0.1, -0.05) is 72.8 Å². The molecule has 0 saturated heterocycles. The van der Waals surface area contributed by atoms with Gasteiger partial charge >= 0.3 is 5.97 Å². The van der Waals surface area contributed by atoms with Gasteiger partial charge in [0.25, 0.3) is 0 Å². The van der Waals surface area contributed by atoms with Gasteiger partial charge in [-0.15, -0.1) is 0 Å². The number of rotatable bonds is 4. The quantitative estimate of drug-likeness (QED) is 0.611. The van der Waals surface area contributed by atoms with Crippen molar-refractivity contribution in [1.82, 2.24) is 0 Å². The van der Waals surface area contributed by atoms with E-state index < -0.39 is 0 Å². The standard InChI is InChI=1S/C22H20O2/c1-16(22(23)24-2)18-10-6-12-20(14-18)21-13-7-11-19(15-21)17-8-4-3-5-9-17/h3-16H,1-2H3. The third-order valence-electron chi connectivity index (χ3n) is 4.24. The minimum absolute atomic E-state index is 0.217. The summed E-state index contributed by atoms with van der Waals surface area (Å²) in [6.07, 6.45) is 0. The van der Waals surface area contributed by atoms with E-state index in [0.29, 0.717) is 0 Å². The lowest BCUT2D eigenvalue weighted by atomic mass is 9.94. The molecule has 2 heteroatoms. The molecule has 0 aliphatic heterocycles. The smallest absolute Gasteiger partial charge is 0.312 e. The fourth-order valence-electron chi connectivity index (χ4n) is 2.81. The zero-order chi connectivity index (χ0) is 16.9. The first-order chi connectivity index (χ1) is 11.7. The summed E-state index contributed by atoms with van der Waals surface area (Å²) < 4.78 is 4.85. The lowest BCUT2D eigenvalue weighted by molar-refractivity contribution is -0.141. The molecule has 0 aromatic heterocycles. The van der Waals surface area contributed by atoms with Crippen LogP contribution in [0.15, 0.2) is 78.9 Å². The molecule has 1 atom stereocenters. The van der Waals surface area contributed by atoms with Crippen molar-refractivity contribution >= 4 is 5.97 Å². The van der Waals surface area contributed by atoms with E-state index in [0.717, 1.165) is 16.7 Å². The molecule has 3 aromatic rings. The minimum atomic E-state index is -0.271. The topological polar surface area (TPSA) is 26.3 Å². The lowest BCUT2D eigenvalue weighted by Crippen LogP contribution is -2.10. The molecular weight excluding hydrogens is 296 g/mol. The highest BCUT2D eigenvalue weighted by Gasteiger charge is 2.16. The summed E-state index contributed by atoms with van der Waals surface area (Å²) in [5.74, 6) is -0.488. The molecule has 0 bridgehead atoms. The zero-order valence-electron chi connectivity index (χ0n) is 13.9. The van der Waals surface area contributed by atoms with Crippen LogP contribution in [0.5, 0.6) is 0 Å². The summed E-state index contributed by atoms with van der Waals surface area (Å²) in [6, 6.07) is 26.8. The third-order valence-corrected chi connectivity index (χ3v) is 4.24. The van der Waals surface area contributed by atoms with Crippen LogP contribution in [0.1, 0.15) is 18.4 Å². The van der Waals surface area contributed by atoms with E-state index in [-0.39, 0.29) is 11.9 Å². The number of benzene rings is 3. The normalized spacial score (nSPS) is 11.8. The van der Waals surface area contributed by atoms with Crippen LogP contribution in [-0.4, -0.2) is 13.1 Å². The summed E-state index contributed by atoms with van der Waals surface area (Å²) in [5, 5.41) is 0. The van der Waals surface area contributed by atoms with Gasteiger partial charge in [-0.3, -0.25) is 4.79 Å². The molecule has 0 radical (unpaired) electrons. The molecule has 2 nitrogen and oxygen atoms in total. The van der Waals surface area contributed by atoms with E-state index in [2.05, 4.69) is 48.5 Å². The summed E-state index contributed by atoms with van der Waals surface area (Å²) in [5.41, 5.74) is 5.57. The van der Waals surface area contributed by atoms with Crippen molar-refractivity contribution in [3.05, 3.63) is 84.4 Å². The van der Waals surface area contributed by atoms with Gasteiger partial charge in [0.2, 0.25) is 0 Å². The second-order valence-corrected chi connectivity index (χ2v) is 5.82. The van der Waals surface area contributed by atoms with Crippen molar-refractivity contribution in [1.29, 1.82) is 0 Å². The van der Waals surface area contributed by atoms with Gasteiger partial charge in [0.1, 0.15) is 0 Å². The van der Waals surface area contributed by atoms with Crippen molar-refractivity contribution in [3.63, 3.8) is 0 Å². The highest BCUT2D eigenvalue weighted by atomic mass is 16.5. The number of esters is 1. The van der Waals surface area contributed by atoms with Crippen LogP contribution < -0.4 is 0 Å².